The van der Waals surface area contributed by atoms with Crippen LogP contribution in [0.3, 0.4) is 0 Å². The zero-order valence-corrected chi connectivity index (χ0v) is 6.66. The summed E-state index contributed by atoms with van der Waals surface area (Å²) < 4.78 is 10.5. The molecule has 11 heavy (non-hydrogen) atoms. The molecule has 0 bridgehead atoms. The average molecular weight is 154 g/mol. The van der Waals surface area contributed by atoms with Gasteiger partial charge in [-0.2, -0.15) is 0 Å². The second-order valence-corrected chi connectivity index (χ2v) is 2.53. The lowest BCUT2D eigenvalue weighted by molar-refractivity contribution is 0.0520. The molecule has 1 rings (SSSR count). The first-order valence-electron chi connectivity index (χ1n) is 3.94. The number of rotatable bonds is 4. The van der Waals surface area contributed by atoms with Crippen molar-refractivity contribution in [3.05, 3.63) is 25.0 Å². The van der Waals surface area contributed by atoms with Gasteiger partial charge in [-0.1, -0.05) is 12.7 Å². The zero-order valence-electron chi connectivity index (χ0n) is 6.66. The van der Waals surface area contributed by atoms with E-state index >= 15 is 0 Å². The van der Waals surface area contributed by atoms with Crippen LogP contribution in [-0.4, -0.2) is 19.3 Å². The Morgan fingerprint density at radius 2 is 2.55 bits per heavy atom. The van der Waals surface area contributed by atoms with Crippen LogP contribution in [0, 0.1) is 0 Å². The van der Waals surface area contributed by atoms with Gasteiger partial charge in [0.1, 0.15) is 6.61 Å². The van der Waals surface area contributed by atoms with Gasteiger partial charge in [0.25, 0.3) is 0 Å². The third kappa shape index (κ3) is 3.23. The predicted octanol–water partition coefficient (Wildman–Crippen LogP) is 1.88. The molecule has 0 saturated carbocycles. The minimum Gasteiger partial charge on any atom is -0.498 e. The van der Waals surface area contributed by atoms with Gasteiger partial charge in [0.2, 0.25) is 0 Å². The first kappa shape index (κ1) is 8.34. The SMILES string of the molecule is C=CC=COCC1CCCO1. The largest absolute Gasteiger partial charge is 0.498 e. The Morgan fingerprint density at radius 1 is 1.64 bits per heavy atom. The molecule has 2 heteroatoms. The summed E-state index contributed by atoms with van der Waals surface area (Å²) in [7, 11) is 0. The Kier molecular flexibility index (Phi) is 3.76. The van der Waals surface area contributed by atoms with E-state index < -0.39 is 0 Å². The molecule has 0 amide bonds. The minimum absolute atomic E-state index is 0.310. The second kappa shape index (κ2) is 4.97. The number of hydrogen-bond acceptors (Lipinski definition) is 2. The van der Waals surface area contributed by atoms with Crippen molar-refractivity contribution in [3.8, 4) is 0 Å². The molecule has 2 nitrogen and oxygen atoms in total. The maximum atomic E-state index is 5.35. The molecule has 0 aromatic rings. The first-order valence-corrected chi connectivity index (χ1v) is 3.94. The van der Waals surface area contributed by atoms with Crippen LogP contribution in [0.2, 0.25) is 0 Å². The maximum absolute atomic E-state index is 5.35. The Labute approximate surface area is 67.5 Å². The fourth-order valence-corrected chi connectivity index (χ4v) is 1.05. The van der Waals surface area contributed by atoms with E-state index in [-0.39, 0.29) is 0 Å². The molecule has 0 aromatic heterocycles. The van der Waals surface area contributed by atoms with Crippen LogP contribution in [-0.2, 0) is 9.47 Å². The standard InChI is InChI=1S/C9H14O2/c1-2-3-6-10-8-9-5-4-7-11-9/h2-3,6,9H,1,4-5,7-8H2. The highest BCUT2D eigenvalue weighted by Crippen LogP contribution is 2.11. The van der Waals surface area contributed by atoms with E-state index in [2.05, 4.69) is 6.58 Å². The predicted molar refractivity (Wildman–Crippen MR) is 44.3 cm³/mol. The van der Waals surface area contributed by atoms with Crippen molar-refractivity contribution in [2.75, 3.05) is 13.2 Å². The van der Waals surface area contributed by atoms with E-state index in [1.54, 1.807) is 18.4 Å². The molecule has 1 saturated heterocycles. The Balaban J connectivity index is 2.01. The summed E-state index contributed by atoms with van der Waals surface area (Å²) in [6.45, 7) is 5.09. The van der Waals surface area contributed by atoms with Crippen molar-refractivity contribution in [1.82, 2.24) is 0 Å². The van der Waals surface area contributed by atoms with Crippen LogP contribution in [0.25, 0.3) is 0 Å². The van der Waals surface area contributed by atoms with Gasteiger partial charge in [0.15, 0.2) is 0 Å². The molecular formula is C9H14O2. The van der Waals surface area contributed by atoms with Gasteiger partial charge in [-0.15, -0.1) is 0 Å². The lowest BCUT2D eigenvalue weighted by Crippen LogP contribution is -2.11. The van der Waals surface area contributed by atoms with Crippen LogP contribution < -0.4 is 0 Å². The lowest BCUT2D eigenvalue weighted by Gasteiger charge is -2.07. The van der Waals surface area contributed by atoms with Crippen LogP contribution in [0.15, 0.2) is 25.0 Å². The zero-order chi connectivity index (χ0) is 7.94. The summed E-state index contributed by atoms with van der Waals surface area (Å²) >= 11 is 0. The molecule has 1 unspecified atom stereocenters. The summed E-state index contributed by atoms with van der Waals surface area (Å²) in [6.07, 6.45) is 7.71. The molecule has 0 aliphatic carbocycles. The highest BCUT2D eigenvalue weighted by molar-refractivity contribution is 4.92. The van der Waals surface area contributed by atoms with Gasteiger partial charge < -0.3 is 9.47 Å². The molecule has 0 aromatic carbocycles. The van der Waals surface area contributed by atoms with Crippen LogP contribution in [0.1, 0.15) is 12.8 Å². The monoisotopic (exact) mass is 154 g/mol. The smallest absolute Gasteiger partial charge is 0.113 e. The molecule has 1 atom stereocenters. The Morgan fingerprint density at radius 3 is 3.18 bits per heavy atom. The van der Waals surface area contributed by atoms with E-state index in [0.717, 1.165) is 13.0 Å². The van der Waals surface area contributed by atoms with Crippen LogP contribution in [0.4, 0.5) is 0 Å². The van der Waals surface area contributed by atoms with E-state index in [4.69, 9.17) is 9.47 Å². The molecule has 0 radical (unpaired) electrons. The Bertz CT molecular complexity index is 134. The van der Waals surface area contributed by atoms with Gasteiger partial charge in [-0.05, 0) is 18.9 Å². The average Bonchev–Trinajstić information content (AvgIpc) is 2.50. The summed E-state index contributed by atoms with van der Waals surface area (Å²) in [4.78, 5) is 0. The van der Waals surface area contributed by atoms with Crippen molar-refractivity contribution < 1.29 is 9.47 Å². The Hall–Kier alpha value is -0.760. The van der Waals surface area contributed by atoms with E-state index in [1.165, 1.54) is 6.42 Å². The maximum Gasteiger partial charge on any atom is 0.113 e. The fraction of sp³-hybridized carbons (Fsp3) is 0.556. The molecule has 1 aliphatic rings. The molecule has 0 N–H and O–H groups in total. The normalized spacial score (nSPS) is 24.2. The van der Waals surface area contributed by atoms with Crippen molar-refractivity contribution in [2.24, 2.45) is 0 Å². The summed E-state index contributed by atoms with van der Waals surface area (Å²) in [5.74, 6) is 0. The highest BCUT2D eigenvalue weighted by Gasteiger charge is 2.14. The molecule has 1 aliphatic heterocycles. The van der Waals surface area contributed by atoms with Gasteiger partial charge in [0.05, 0.1) is 12.4 Å². The number of hydrogen-bond donors (Lipinski definition) is 0. The summed E-state index contributed by atoms with van der Waals surface area (Å²) in [6, 6.07) is 0. The highest BCUT2D eigenvalue weighted by atomic mass is 16.5. The quantitative estimate of drug-likeness (QED) is 0.454. The van der Waals surface area contributed by atoms with Gasteiger partial charge in [0, 0.05) is 6.61 Å². The van der Waals surface area contributed by atoms with Gasteiger partial charge >= 0.3 is 0 Å². The van der Waals surface area contributed by atoms with Crippen LogP contribution in [0.5, 0.6) is 0 Å². The fourth-order valence-electron chi connectivity index (χ4n) is 1.05. The molecular weight excluding hydrogens is 140 g/mol. The summed E-state index contributed by atoms with van der Waals surface area (Å²) in [5.41, 5.74) is 0. The molecule has 1 heterocycles. The second-order valence-electron chi connectivity index (χ2n) is 2.53. The van der Waals surface area contributed by atoms with Crippen molar-refractivity contribution in [2.45, 2.75) is 18.9 Å². The topological polar surface area (TPSA) is 18.5 Å². The first-order chi connectivity index (χ1) is 5.43. The van der Waals surface area contributed by atoms with Gasteiger partial charge in [-0.3, -0.25) is 0 Å². The van der Waals surface area contributed by atoms with Crippen molar-refractivity contribution in [3.63, 3.8) is 0 Å². The van der Waals surface area contributed by atoms with E-state index in [1.807, 2.05) is 0 Å². The summed E-state index contributed by atoms with van der Waals surface area (Å²) in [5, 5.41) is 0. The van der Waals surface area contributed by atoms with E-state index in [0.29, 0.717) is 12.7 Å². The minimum atomic E-state index is 0.310. The van der Waals surface area contributed by atoms with Crippen LogP contribution >= 0.6 is 0 Å². The van der Waals surface area contributed by atoms with Crippen molar-refractivity contribution >= 4 is 0 Å². The lowest BCUT2D eigenvalue weighted by atomic mass is 10.2. The molecule has 62 valence electrons. The molecule has 0 spiro atoms. The number of allylic oxidation sites excluding steroid dienone is 2. The number of ether oxygens (including phenoxy) is 2. The third-order valence-electron chi connectivity index (χ3n) is 1.62. The van der Waals surface area contributed by atoms with E-state index in [9.17, 15) is 0 Å². The van der Waals surface area contributed by atoms with Gasteiger partial charge in [-0.25, -0.2) is 0 Å². The van der Waals surface area contributed by atoms with Crippen molar-refractivity contribution in [1.29, 1.82) is 0 Å². The third-order valence-corrected chi connectivity index (χ3v) is 1.62. The molecule has 1 fully saturated rings.